The second kappa shape index (κ2) is 13.8. The quantitative estimate of drug-likeness (QED) is 0.138. The van der Waals surface area contributed by atoms with E-state index in [0.29, 0.717) is 38.9 Å². The smallest absolute Gasteiger partial charge is 0.251 e. The normalized spacial score (nSPS) is 26.3. The maximum Gasteiger partial charge on any atom is 0.251 e. The van der Waals surface area contributed by atoms with Crippen LogP contribution in [0.4, 0.5) is 5.69 Å². The Morgan fingerprint density at radius 3 is 2.41 bits per heavy atom. The number of aliphatic hydroxyl groups is 1. The van der Waals surface area contributed by atoms with Gasteiger partial charge in [0.2, 0.25) is 11.8 Å². The van der Waals surface area contributed by atoms with Crippen molar-refractivity contribution < 1.29 is 19.5 Å². The van der Waals surface area contributed by atoms with Gasteiger partial charge in [0.25, 0.3) is 5.91 Å². The number of carbonyl (C=O) groups excluding carboxylic acids is 3. The van der Waals surface area contributed by atoms with E-state index in [1.54, 1.807) is 38.6 Å². The van der Waals surface area contributed by atoms with Crippen molar-refractivity contribution in [3.05, 3.63) is 104 Å². The van der Waals surface area contributed by atoms with Crippen molar-refractivity contribution >= 4 is 61.9 Å². The molecular weight excluding hydrogens is 662 g/mol. The molecule has 6 rings (SSSR count). The predicted molar refractivity (Wildman–Crippen MR) is 189 cm³/mol. The lowest BCUT2D eigenvalue weighted by Crippen LogP contribution is -2.56. The van der Waals surface area contributed by atoms with Crippen LogP contribution in [-0.2, 0) is 20.9 Å². The Kier molecular flexibility index (Phi) is 9.73. The zero-order valence-electron chi connectivity index (χ0n) is 25.8. The lowest BCUT2D eigenvalue weighted by molar-refractivity contribution is -0.144. The molecule has 3 unspecified atom stereocenters. The number of hydrogen-bond acceptors (Lipinski definition) is 5. The third-order valence-electron chi connectivity index (χ3n) is 9.62. The molecule has 1 N–H and O–H groups in total. The molecule has 3 amide bonds. The number of unbranched alkanes of at least 4 members (excludes halogenated alkanes) is 1. The van der Waals surface area contributed by atoms with E-state index in [9.17, 15) is 19.5 Å². The van der Waals surface area contributed by atoms with Crippen LogP contribution in [-0.4, -0.2) is 79.7 Å². The molecule has 6 atom stereocenters. The van der Waals surface area contributed by atoms with Crippen LogP contribution < -0.4 is 4.90 Å². The van der Waals surface area contributed by atoms with Gasteiger partial charge in [-0.3, -0.25) is 14.4 Å². The van der Waals surface area contributed by atoms with Gasteiger partial charge >= 0.3 is 0 Å². The standard InChI is InChI=1S/C37H40BrN3O4S/c1-3-18-39(24-25-12-6-5-7-13-25)34(43)30-31-35(44)41(20-10-11-21-42)33(37(31)23-29(38)32(30)46-37)36(45)40(19-4-2)28-17-16-26-14-8-9-15-27(26)22-28/h3-9,12-17,22,29-33,42H,1-2,10-11,18-21,23-24H2/t29?,30-,31+,32-,33?,37?/m1/s1. The monoisotopic (exact) mass is 701 g/mol. The summed E-state index contributed by atoms with van der Waals surface area (Å²) in [6, 6.07) is 23.1. The second-order valence-electron chi connectivity index (χ2n) is 12.4. The third kappa shape index (κ3) is 5.71. The van der Waals surface area contributed by atoms with Gasteiger partial charge in [-0.15, -0.1) is 24.9 Å². The number of alkyl halides is 1. The number of carbonyl (C=O) groups is 3. The lowest BCUT2D eigenvalue weighted by Gasteiger charge is -2.38. The molecule has 3 saturated heterocycles. The molecule has 9 heteroatoms. The molecule has 240 valence electrons. The molecule has 0 aliphatic carbocycles. The fourth-order valence-electron chi connectivity index (χ4n) is 7.67. The predicted octanol–water partition coefficient (Wildman–Crippen LogP) is 5.81. The van der Waals surface area contributed by atoms with E-state index in [1.807, 2.05) is 72.8 Å². The van der Waals surface area contributed by atoms with E-state index in [2.05, 4.69) is 29.1 Å². The number of anilines is 1. The lowest BCUT2D eigenvalue weighted by atomic mass is 9.70. The Labute approximate surface area is 283 Å². The van der Waals surface area contributed by atoms with Crippen LogP contribution in [0.2, 0.25) is 0 Å². The third-order valence-corrected chi connectivity index (χ3v) is 12.8. The van der Waals surface area contributed by atoms with E-state index < -0.39 is 22.6 Å². The molecule has 0 aromatic heterocycles. The van der Waals surface area contributed by atoms with Gasteiger partial charge in [-0.05, 0) is 47.7 Å². The first-order chi connectivity index (χ1) is 22.3. The maximum absolute atomic E-state index is 14.9. The van der Waals surface area contributed by atoms with Crippen molar-refractivity contribution in [1.82, 2.24) is 9.80 Å². The number of nitrogens with zero attached hydrogens (tertiary/aromatic N) is 3. The Bertz CT molecular complexity index is 1640. The topological polar surface area (TPSA) is 81.2 Å². The summed E-state index contributed by atoms with van der Waals surface area (Å²) in [5, 5.41) is 11.5. The molecule has 46 heavy (non-hydrogen) atoms. The van der Waals surface area contributed by atoms with Gasteiger partial charge in [-0.25, -0.2) is 0 Å². The summed E-state index contributed by atoms with van der Waals surface area (Å²) in [5.41, 5.74) is 1.75. The first-order valence-electron chi connectivity index (χ1n) is 15.9. The molecule has 3 aromatic carbocycles. The molecule has 0 radical (unpaired) electrons. The summed E-state index contributed by atoms with van der Waals surface area (Å²) in [6.45, 7) is 9.26. The summed E-state index contributed by atoms with van der Waals surface area (Å²) in [4.78, 5) is 49.3. The molecule has 3 fully saturated rings. The number of benzene rings is 3. The summed E-state index contributed by atoms with van der Waals surface area (Å²) < 4.78 is -0.768. The SMILES string of the molecule is C=CCN(Cc1ccccc1)C(=O)[C@H]1[C@@H]2SC3(CC2Br)C(C(=O)N(CC=C)c2ccc4ccccc4c2)N(CCCCO)C(=O)[C@H]13. The molecule has 3 aliphatic rings. The number of halogens is 1. The Balaban J connectivity index is 1.39. The highest BCUT2D eigenvalue weighted by molar-refractivity contribution is 9.09. The summed E-state index contributed by atoms with van der Waals surface area (Å²) in [7, 11) is 0. The van der Waals surface area contributed by atoms with Crippen LogP contribution in [0, 0.1) is 11.8 Å². The van der Waals surface area contributed by atoms with Crippen molar-refractivity contribution in [3.8, 4) is 0 Å². The van der Waals surface area contributed by atoms with Gasteiger partial charge in [0, 0.05) is 48.6 Å². The van der Waals surface area contributed by atoms with Crippen LogP contribution in [0.5, 0.6) is 0 Å². The van der Waals surface area contributed by atoms with E-state index in [4.69, 9.17) is 0 Å². The van der Waals surface area contributed by atoms with Crippen LogP contribution >= 0.6 is 27.7 Å². The van der Waals surface area contributed by atoms with E-state index in [0.717, 1.165) is 22.0 Å². The van der Waals surface area contributed by atoms with E-state index in [1.165, 1.54) is 0 Å². The molecule has 3 aromatic rings. The molecule has 1 spiro atoms. The highest BCUT2D eigenvalue weighted by Crippen LogP contribution is 2.68. The Hall–Kier alpha value is -3.40. The van der Waals surface area contributed by atoms with E-state index in [-0.39, 0.29) is 41.0 Å². The van der Waals surface area contributed by atoms with Crippen molar-refractivity contribution in [2.75, 3.05) is 31.1 Å². The average Bonchev–Trinajstić information content (AvgIpc) is 3.66. The zero-order valence-corrected chi connectivity index (χ0v) is 28.2. The van der Waals surface area contributed by atoms with Crippen LogP contribution in [0.3, 0.4) is 0 Å². The molecular formula is C37H40BrN3O4S. The largest absolute Gasteiger partial charge is 0.396 e. The van der Waals surface area contributed by atoms with Gasteiger partial charge in [0.1, 0.15) is 6.04 Å². The summed E-state index contributed by atoms with van der Waals surface area (Å²) in [5.74, 6) is -1.59. The van der Waals surface area contributed by atoms with E-state index >= 15 is 0 Å². The van der Waals surface area contributed by atoms with Gasteiger partial charge in [0.05, 0.1) is 16.6 Å². The minimum atomic E-state index is -0.768. The first-order valence-corrected chi connectivity index (χ1v) is 17.7. The van der Waals surface area contributed by atoms with Gasteiger partial charge in [-0.2, -0.15) is 0 Å². The highest BCUT2D eigenvalue weighted by atomic mass is 79.9. The fourth-order valence-corrected chi connectivity index (χ4v) is 11.3. The number of aliphatic hydroxyl groups excluding tert-OH is 1. The average molecular weight is 703 g/mol. The van der Waals surface area contributed by atoms with Gasteiger partial charge in [-0.1, -0.05) is 88.7 Å². The second-order valence-corrected chi connectivity index (χ2v) is 15.1. The highest BCUT2D eigenvalue weighted by Gasteiger charge is 2.76. The summed E-state index contributed by atoms with van der Waals surface area (Å²) in [6.07, 6.45) is 5.13. The molecule has 7 nitrogen and oxygen atoms in total. The van der Waals surface area contributed by atoms with Crippen LogP contribution in [0.25, 0.3) is 10.8 Å². The van der Waals surface area contributed by atoms with Gasteiger partial charge < -0.3 is 19.8 Å². The zero-order chi connectivity index (χ0) is 32.4. The minimum Gasteiger partial charge on any atom is -0.396 e. The number of likely N-dealkylation sites (tertiary alicyclic amines) is 1. The van der Waals surface area contributed by atoms with Crippen molar-refractivity contribution in [3.63, 3.8) is 0 Å². The number of hydrogen-bond donors (Lipinski definition) is 1. The van der Waals surface area contributed by atoms with Gasteiger partial charge in [0.15, 0.2) is 0 Å². The maximum atomic E-state index is 14.9. The van der Waals surface area contributed by atoms with Crippen molar-refractivity contribution in [1.29, 1.82) is 0 Å². The molecule has 0 saturated carbocycles. The van der Waals surface area contributed by atoms with Crippen molar-refractivity contribution in [2.24, 2.45) is 11.8 Å². The number of thioether (sulfide) groups is 1. The minimum absolute atomic E-state index is 0.00625. The molecule has 2 bridgehead atoms. The summed E-state index contributed by atoms with van der Waals surface area (Å²) >= 11 is 5.54. The molecule has 3 heterocycles. The number of amides is 3. The molecule has 3 aliphatic heterocycles. The Morgan fingerprint density at radius 1 is 0.978 bits per heavy atom. The van der Waals surface area contributed by atoms with Crippen LogP contribution in [0.1, 0.15) is 24.8 Å². The van der Waals surface area contributed by atoms with Crippen LogP contribution in [0.15, 0.2) is 98.1 Å². The van der Waals surface area contributed by atoms with Crippen molar-refractivity contribution in [2.45, 2.75) is 46.7 Å². The fraction of sp³-hybridized carbons (Fsp3) is 0.378. The Morgan fingerprint density at radius 2 is 1.70 bits per heavy atom. The number of fused-ring (bicyclic) bond motifs is 2. The first kappa shape index (κ1) is 32.5. The number of rotatable bonds is 13.